The van der Waals surface area contributed by atoms with Crippen LogP contribution in [0.25, 0.3) is 6.08 Å². The summed E-state index contributed by atoms with van der Waals surface area (Å²) in [6.45, 7) is 1.31. The molecule has 1 amide bonds. The quantitative estimate of drug-likeness (QED) is 0.448. The lowest BCUT2D eigenvalue weighted by Gasteiger charge is -2.13. The maximum atomic E-state index is 13.5. The van der Waals surface area contributed by atoms with E-state index in [-0.39, 0.29) is 11.3 Å². The van der Waals surface area contributed by atoms with Crippen molar-refractivity contribution in [2.45, 2.75) is 19.4 Å². The van der Waals surface area contributed by atoms with E-state index in [4.69, 9.17) is 4.74 Å². The molecule has 0 aliphatic carbocycles. The molecule has 28 heavy (non-hydrogen) atoms. The minimum Gasteiger partial charge on any atom is -0.449 e. The van der Waals surface area contributed by atoms with Crippen molar-refractivity contribution in [1.29, 1.82) is 0 Å². The maximum Gasteiger partial charge on any atom is 0.573 e. The summed E-state index contributed by atoms with van der Waals surface area (Å²) in [5, 5.41) is 2.38. The normalized spacial score (nSPS) is 12.5. The van der Waals surface area contributed by atoms with Crippen LogP contribution in [0, 0.1) is 5.82 Å². The largest absolute Gasteiger partial charge is 0.573 e. The average molecular weight is 397 g/mol. The third kappa shape index (κ3) is 6.75. The van der Waals surface area contributed by atoms with Gasteiger partial charge in [0.05, 0.1) is 0 Å². The fourth-order valence-electron chi connectivity index (χ4n) is 2.02. The predicted molar refractivity (Wildman–Crippen MR) is 92.7 cm³/mol. The lowest BCUT2D eigenvalue weighted by molar-refractivity contribution is -0.274. The first-order valence-electron chi connectivity index (χ1n) is 7.94. The summed E-state index contributed by atoms with van der Waals surface area (Å²) in [7, 11) is 0. The first-order valence-corrected chi connectivity index (χ1v) is 7.94. The third-order valence-electron chi connectivity index (χ3n) is 3.32. The first-order chi connectivity index (χ1) is 13.1. The van der Waals surface area contributed by atoms with Crippen LogP contribution in [-0.2, 0) is 14.3 Å². The van der Waals surface area contributed by atoms with Gasteiger partial charge in [0.1, 0.15) is 11.6 Å². The average Bonchev–Trinajstić information content (AvgIpc) is 2.61. The fraction of sp³-hybridized carbons (Fsp3) is 0.158. The Morgan fingerprint density at radius 1 is 1.07 bits per heavy atom. The van der Waals surface area contributed by atoms with Gasteiger partial charge in [-0.15, -0.1) is 13.2 Å². The fourth-order valence-corrected chi connectivity index (χ4v) is 2.02. The van der Waals surface area contributed by atoms with Crippen molar-refractivity contribution >= 4 is 23.6 Å². The number of hydrogen-bond donors (Lipinski definition) is 1. The van der Waals surface area contributed by atoms with Crippen molar-refractivity contribution in [3.8, 4) is 5.75 Å². The van der Waals surface area contributed by atoms with Crippen molar-refractivity contribution in [2.24, 2.45) is 0 Å². The molecule has 0 fully saturated rings. The smallest absolute Gasteiger partial charge is 0.449 e. The summed E-state index contributed by atoms with van der Waals surface area (Å²) in [5.74, 6) is -2.52. The maximum absolute atomic E-state index is 13.5. The molecule has 0 bridgehead atoms. The van der Waals surface area contributed by atoms with Gasteiger partial charge in [-0.1, -0.05) is 18.2 Å². The van der Waals surface area contributed by atoms with Gasteiger partial charge in [-0.25, -0.2) is 9.18 Å². The zero-order chi connectivity index (χ0) is 20.7. The summed E-state index contributed by atoms with van der Waals surface area (Å²) in [5.41, 5.74) is 0.363. The summed E-state index contributed by atoms with van der Waals surface area (Å²) in [4.78, 5) is 23.7. The number of alkyl halides is 3. The molecule has 5 nitrogen and oxygen atoms in total. The molecule has 0 heterocycles. The molecule has 148 valence electrons. The van der Waals surface area contributed by atoms with Gasteiger partial charge in [-0.3, -0.25) is 4.79 Å². The zero-order valence-electron chi connectivity index (χ0n) is 14.5. The summed E-state index contributed by atoms with van der Waals surface area (Å²) < 4.78 is 58.4. The van der Waals surface area contributed by atoms with Crippen molar-refractivity contribution in [3.05, 3.63) is 66.0 Å². The lowest BCUT2D eigenvalue weighted by atomic mass is 10.2. The van der Waals surface area contributed by atoms with Crippen LogP contribution in [0.3, 0.4) is 0 Å². The molecule has 2 aromatic carbocycles. The Bertz CT molecular complexity index is 863. The Morgan fingerprint density at radius 3 is 2.32 bits per heavy atom. The molecule has 0 radical (unpaired) electrons. The highest BCUT2D eigenvalue weighted by Gasteiger charge is 2.31. The molecule has 9 heteroatoms. The van der Waals surface area contributed by atoms with Gasteiger partial charge >= 0.3 is 12.3 Å². The van der Waals surface area contributed by atoms with Crippen LogP contribution in [0.1, 0.15) is 12.5 Å². The standard InChI is InChI=1S/C19H15F4NO4/c1-12(27-17(25)11-6-13-4-2-3-5-16(13)20)18(26)24-14-7-9-15(10-8-14)28-19(21,22)23/h2-12H,1H3,(H,24,26)/b11-6+. The second-order valence-corrected chi connectivity index (χ2v) is 5.50. The number of anilines is 1. The number of nitrogens with one attached hydrogen (secondary N) is 1. The van der Waals surface area contributed by atoms with Crippen molar-refractivity contribution in [3.63, 3.8) is 0 Å². The number of esters is 1. The summed E-state index contributed by atoms with van der Waals surface area (Å²) >= 11 is 0. The minimum absolute atomic E-state index is 0.178. The molecule has 1 N–H and O–H groups in total. The molecule has 2 rings (SSSR count). The third-order valence-corrected chi connectivity index (χ3v) is 3.32. The van der Waals surface area contributed by atoms with Crippen LogP contribution < -0.4 is 10.1 Å². The van der Waals surface area contributed by atoms with E-state index in [1.807, 2.05) is 0 Å². The van der Waals surface area contributed by atoms with E-state index >= 15 is 0 Å². The lowest BCUT2D eigenvalue weighted by Crippen LogP contribution is -2.29. The number of rotatable bonds is 6. The highest BCUT2D eigenvalue weighted by atomic mass is 19.4. The zero-order valence-corrected chi connectivity index (χ0v) is 14.5. The second-order valence-electron chi connectivity index (χ2n) is 5.50. The van der Waals surface area contributed by atoms with E-state index in [1.165, 1.54) is 43.3 Å². The van der Waals surface area contributed by atoms with Crippen LogP contribution in [-0.4, -0.2) is 24.3 Å². The molecule has 1 unspecified atom stereocenters. The van der Waals surface area contributed by atoms with E-state index < -0.39 is 35.9 Å². The first kappa shape index (κ1) is 20.9. The molecule has 1 atom stereocenters. The Kier molecular flexibility index (Phi) is 6.75. The number of halogens is 4. The van der Waals surface area contributed by atoms with Crippen molar-refractivity contribution in [1.82, 2.24) is 0 Å². The monoisotopic (exact) mass is 397 g/mol. The molecule has 0 saturated heterocycles. The van der Waals surface area contributed by atoms with E-state index in [2.05, 4.69) is 10.1 Å². The topological polar surface area (TPSA) is 64.6 Å². The van der Waals surface area contributed by atoms with Crippen LogP contribution in [0.5, 0.6) is 5.75 Å². The number of benzene rings is 2. The van der Waals surface area contributed by atoms with Crippen molar-refractivity contribution in [2.75, 3.05) is 5.32 Å². The summed E-state index contributed by atoms with van der Waals surface area (Å²) in [6.07, 6.45) is -3.82. The molecule has 0 saturated carbocycles. The Hall–Kier alpha value is -3.36. The Labute approximate surface area is 157 Å². The molecule has 0 aromatic heterocycles. The Balaban J connectivity index is 1.88. The van der Waals surface area contributed by atoms with Gasteiger partial charge in [-0.2, -0.15) is 0 Å². The molecular formula is C19H15F4NO4. The van der Waals surface area contributed by atoms with Crippen LogP contribution in [0.4, 0.5) is 23.2 Å². The number of amides is 1. The van der Waals surface area contributed by atoms with E-state index in [1.54, 1.807) is 6.07 Å². The predicted octanol–water partition coefficient (Wildman–Crippen LogP) is 4.31. The van der Waals surface area contributed by atoms with Gasteiger partial charge < -0.3 is 14.8 Å². The number of carbonyl (C=O) groups is 2. The molecule has 2 aromatic rings. The van der Waals surface area contributed by atoms with E-state index in [0.717, 1.165) is 18.2 Å². The number of ether oxygens (including phenoxy) is 2. The minimum atomic E-state index is -4.82. The molecule has 0 aliphatic heterocycles. The highest BCUT2D eigenvalue weighted by Crippen LogP contribution is 2.24. The second kappa shape index (κ2) is 9.03. The number of carbonyl (C=O) groups excluding carboxylic acids is 2. The van der Waals surface area contributed by atoms with E-state index in [9.17, 15) is 27.2 Å². The Morgan fingerprint density at radius 2 is 1.71 bits per heavy atom. The van der Waals surface area contributed by atoms with Crippen LogP contribution in [0.15, 0.2) is 54.6 Å². The van der Waals surface area contributed by atoms with Gasteiger partial charge in [0.2, 0.25) is 0 Å². The molecule has 0 aliphatic rings. The van der Waals surface area contributed by atoms with Gasteiger partial charge in [0.25, 0.3) is 5.91 Å². The van der Waals surface area contributed by atoms with Crippen molar-refractivity contribution < 1.29 is 36.6 Å². The van der Waals surface area contributed by atoms with Gasteiger partial charge in [0.15, 0.2) is 6.10 Å². The molecular weight excluding hydrogens is 382 g/mol. The van der Waals surface area contributed by atoms with Gasteiger partial charge in [0, 0.05) is 17.3 Å². The van der Waals surface area contributed by atoms with E-state index in [0.29, 0.717) is 0 Å². The van der Waals surface area contributed by atoms with Crippen LogP contribution in [0.2, 0.25) is 0 Å². The SMILES string of the molecule is CC(OC(=O)/C=C/c1ccccc1F)C(=O)Nc1ccc(OC(F)(F)F)cc1. The highest BCUT2D eigenvalue weighted by molar-refractivity contribution is 5.96. The van der Waals surface area contributed by atoms with Crippen LogP contribution >= 0.6 is 0 Å². The summed E-state index contributed by atoms with van der Waals surface area (Å²) in [6, 6.07) is 10.2. The van der Waals surface area contributed by atoms with Gasteiger partial charge in [-0.05, 0) is 43.3 Å². The molecule has 0 spiro atoms. The number of hydrogen-bond acceptors (Lipinski definition) is 4.